The molecule has 0 saturated carbocycles. The highest BCUT2D eigenvalue weighted by Crippen LogP contribution is 2.17. The number of hydrogen-bond donors (Lipinski definition) is 1. The molecule has 2 aromatic rings. The number of hydrogen-bond acceptors (Lipinski definition) is 3. The van der Waals surface area contributed by atoms with Gasteiger partial charge < -0.3 is 10.2 Å². The fraction of sp³-hybridized carbons (Fsp3) is 0.391. The van der Waals surface area contributed by atoms with E-state index in [4.69, 9.17) is 11.6 Å². The van der Waals surface area contributed by atoms with Gasteiger partial charge in [-0.1, -0.05) is 67.9 Å². The molecule has 6 heteroatoms. The molecule has 2 aromatic carbocycles. The third-order valence-corrected chi connectivity index (χ3v) is 5.70. The van der Waals surface area contributed by atoms with E-state index in [0.717, 1.165) is 16.9 Å². The third kappa shape index (κ3) is 8.11. The van der Waals surface area contributed by atoms with Crippen LogP contribution in [0, 0.1) is 5.92 Å². The maximum atomic E-state index is 13.0. The molecule has 2 rings (SSSR count). The lowest BCUT2D eigenvalue weighted by Gasteiger charge is -2.29. The van der Waals surface area contributed by atoms with Crippen molar-refractivity contribution in [2.24, 2.45) is 5.92 Å². The summed E-state index contributed by atoms with van der Waals surface area (Å²) < 4.78 is 0. The van der Waals surface area contributed by atoms with Gasteiger partial charge in [0.15, 0.2) is 0 Å². The summed E-state index contributed by atoms with van der Waals surface area (Å²) in [6.45, 7) is 6.90. The van der Waals surface area contributed by atoms with Gasteiger partial charge in [-0.2, -0.15) is 0 Å². The molecule has 0 aromatic heterocycles. The van der Waals surface area contributed by atoms with Crippen molar-refractivity contribution in [3.8, 4) is 0 Å². The average Bonchev–Trinajstić information content (AvgIpc) is 2.71. The Morgan fingerprint density at radius 2 is 1.66 bits per heavy atom. The standard InChI is InChI=1S/C23H29ClN2O2S/c1-17(2)13-25-23(28)18(3)26(14-19-7-5-4-6-8-19)22(27)16-29-15-20-9-11-21(24)12-10-20/h4-12,17-18H,13-16H2,1-3H3,(H,25,28)/t18-/m0/s1. The minimum absolute atomic E-state index is 0.0417. The van der Waals surface area contributed by atoms with Crippen molar-refractivity contribution < 1.29 is 9.59 Å². The predicted octanol–water partition coefficient (Wildman–Crippen LogP) is 4.76. The Kier molecular flexibility index (Phi) is 9.55. The minimum Gasteiger partial charge on any atom is -0.354 e. The second-order valence-corrected chi connectivity index (χ2v) is 8.86. The fourth-order valence-electron chi connectivity index (χ4n) is 2.73. The first-order chi connectivity index (χ1) is 13.9. The van der Waals surface area contributed by atoms with Gasteiger partial charge in [-0.3, -0.25) is 9.59 Å². The lowest BCUT2D eigenvalue weighted by molar-refractivity contribution is -0.138. The lowest BCUT2D eigenvalue weighted by Crippen LogP contribution is -2.48. The summed E-state index contributed by atoms with van der Waals surface area (Å²) in [5, 5.41) is 3.64. The minimum atomic E-state index is -0.530. The van der Waals surface area contributed by atoms with Gasteiger partial charge in [0, 0.05) is 23.9 Å². The molecule has 4 nitrogen and oxygen atoms in total. The molecule has 0 aliphatic carbocycles. The van der Waals surface area contributed by atoms with E-state index in [2.05, 4.69) is 5.32 Å². The van der Waals surface area contributed by atoms with E-state index in [1.165, 1.54) is 0 Å². The average molecular weight is 433 g/mol. The lowest BCUT2D eigenvalue weighted by atomic mass is 10.1. The zero-order valence-electron chi connectivity index (χ0n) is 17.2. The van der Waals surface area contributed by atoms with Crippen molar-refractivity contribution in [1.82, 2.24) is 10.2 Å². The van der Waals surface area contributed by atoms with Gasteiger partial charge in [-0.15, -0.1) is 11.8 Å². The van der Waals surface area contributed by atoms with E-state index in [9.17, 15) is 9.59 Å². The first kappa shape index (κ1) is 23.3. The van der Waals surface area contributed by atoms with E-state index in [-0.39, 0.29) is 11.8 Å². The van der Waals surface area contributed by atoms with Gasteiger partial charge in [0.2, 0.25) is 11.8 Å². The zero-order valence-corrected chi connectivity index (χ0v) is 18.8. The van der Waals surface area contributed by atoms with Crippen LogP contribution in [0.3, 0.4) is 0 Å². The first-order valence-corrected chi connectivity index (χ1v) is 11.3. The third-order valence-electron chi connectivity index (χ3n) is 4.46. The van der Waals surface area contributed by atoms with E-state index < -0.39 is 6.04 Å². The molecule has 0 bridgehead atoms. The SMILES string of the molecule is CC(C)CNC(=O)[C@H](C)N(Cc1ccccc1)C(=O)CSCc1ccc(Cl)cc1. The van der Waals surface area contributed by atoms with Crippen LogP contribution in [0.25, 0.3) is 0 Å². The number of halogens is 1. The van der Waals surface area contributed by atoms with E-state index in [0.29, 0.717) is 29.8 Å². The van der Waals surface area contributed by atoms with Crippen LogP contribution < -0.4 is 5.32 Å². The van der Waals surface area contributed by atoms with Gasteiger partial charge in [0.1, 0.15) is 6.04 Å². The van der Waals surface area contributed by atoms with Crippen LogP contribution in [0.2, 0.25) is 5.02 Å². The number of carbonyl (C=O) groups excluding carboxylic acids is 2. The Hall–Kier alpha value is -1.98. The molecular formula is C23H29ClN2O2S. The maximum absolute atomic E-state index is 13.0. The molecule has 0 unspecified atom stereocenters. The van der Waals surface area contributed by atoms with Crippen LogP contribution in [0.5, 0.6) is 0 Å². The summed E-state index contributed by atoms with van der Waals surface area (Å²) in [6.07, 6.45) is 0. The van der Waals surface area contributed by atoms with Gasteiger partial charge in [-0.05, 0) is 36.1 Å². The van der Waals surface area contributed by atoms with Crippen LogP contribution in [-0.4, -0.2) is 35.1 Å². The number of carbonyl (C=O) groups is 2. The molecule has 0 radical (unpaired) electrons. The van der Waals surface area contributed by atoms with E-state index in [1.54, 1.807) is 23.6 Å². The van der Waals surface area contributed by atoms with Crippen LogP contribution in [-0.2, 0) is 21.9 Å². The number of amides is 2. The number of rotatable bonds is 10. The van der Waals surface area contributed by atoms with Crippen molar-refractivity contribution in [2.75, 3.05) is 12.3 Å². The van der Waals surface area contributed by atoms with Crippen molar-refractivity contribution in [3.63, 3.8) is 0 Å². The van der Waals surface area contributed by atoms with Gasteiger partial charge >= 0.3 is 0 Å². The zero-order chi connectivity index (χ0) is 21.2. The van der Waals surface area contributed by atoms with Gasteiger partial charge in [0.05, 0.1) is 5.75 Å². The van der Waals surface area contributed by atoms with Crippen molar-refractivity contribution in [2.45, 2.75) is 39.1 Å². The highest BCUT2D eigenvalue weighted by atomic mass is 35.5. The molecule has 1 N–H and O–H groups in total. The molecule has 0 heterocycles. The molecule has 29 heavy (non-hydrogen) atoms. The van der Waals surface area contributed by atoms with Gasteiger partial charge in [-0.25, -0.2) is 0 Å². The topological polar surface area (TPSA) is 49.4 Å². The highest BCUT2D eigenvalue weighted by molar-refractivity contribution is 7.99. The van der Waals surface area contributed by atoms with Crippen molar-refractivity contribution in [3.05, 3.63) is 70.7 Å². The monoisotopic (exact) mass is 432 g/mol. The summed E-state index contributed by atoms with van der Waals surface area (Å²) >= 11 is 7.46. The van der Waals surface area contributed by atoms with E-state index in [1.807, 2.05) is 68.4 Å². The smallest absolute Gasteiger partial charge is 0.242 e. The number of nitrogens with zero attached hydrogens (tertiary/aromatic N) is 1. The summed E-state index contributed by atoms with van der Waals surface area (Å²) in [4.78, 5) is 27.2. The van der Waals surface area contributed by atoms with Crippen LogP contribution >= 0.6 is 23.4 Å². The molecule has 0 aliphatic rings. The van der Waals surface area contributed by atoms with E-state index >= 15 is 0 Å². The predicted molar refractivity (Wildman–Crippen MR) is 122 cm³/mol. The number of thioether (sulfide) groups is 1. The largest absolute Gasteiger partial charge is 0.354 e. The Labute approximate surface area is 183 Å². The van der Waals surface area contributed by atoms with Crippen LogP contribution in [0.15, 0.2) is 54.6 Å². The Balaban J connectivity index is 2.01. The normalized spacial score (nSPS) is 11.9. The number of benzene rings is 2. The Morgan fingerprint density at radius 1 is 1.00 bits per heavy atom. The molecule has 0 fully saturated rings. The molecule has 0 spiro atoms. The van der Waals surface area contributed by atoms with Crippen molar-refractivity contribution in [1.29, 1.82) is 0 Å². The summed E-state index contributed by atoms with van der Waals surface area (Å²) in [5.41, 5.74) is 2.12. The Bertz CT molecular complexity index is 781. The second-order valence-electron chi connectivity index (χ2n) is 7.44. The van der Waals surface area contributed by atoms with Crippen LogP contribution in [0.1, 0.15) is 31.9 Å². The maximum Gasteiger partial charge on any atom is 0.242 e. The summed E-state index contributed by atoms with van der Waals surface area (Å²) in [7, 11) is 0. The first-order valence-electron chi connectivity index (χ1n) is 9.80. The fourth-order valence-corrected chi connectivity index (χ4v) is 3.73. The molecule has 0 aliphatic heterocycles. The quantitative estimate of drug-likeness (QED) is 0.588. The van der Waals surface area contributed by atoms with Gasteiger partial charge in [0.25, 0.3) is 0 Å². The summed E-state index contributed by atoms with van der Waals surface area (Å²) in [6, 6.07) is 16.9. The molecule has 2 amide bonds. The Morgan fingerprint density at radius 3 is 2.28 bits per heavy atom. The number of nitrogens with one attached hydrogen (secondary N) is 1. The highest BCUT2D eigenvalue weighted by Gasteiger charge is 2.26. The molecule has 156 valence electrons. The molecular weight excluding hydrogens is 404 g/mol. The second kappa shape index (κ2) is 11.9. The van der Waals surface area contributed by atoms with Crippen molar-refractivity contribution >= 4 is 35.2 Å². The molecule has 1 atom stereocenters. The molecule has 0 saturated heterocycles. The van der Waals surface area contributed by atoms with Crippen LogP contribution in [0.4, 0.5) is 0 Å². The summed E-state index contributed by atoms with van der Waals surface area (Å²) in [5.74, 6) is 1.23.